The standard InChI is InChI=1S/C10H14N4O4S2/c1-6(15)12-8-5-7(3-4-9(8)18-2)20(16,17)14-13-10(11)19/h3-5,14H,1-2H3,(H,12,15)(H3,11,13,19). The molecule has 0 atom stereocenters. The molecular weight excluding hydrogens is 304 g/mol. The van der Waals surface area contributed by atoms with E-state index in [1.165, 1.54) is 32.2 Å². The minimum Gasteiger partial charge on any atom is -0.495 e. The van der Waals surface area contributed by atoms with Gasteiger partial charge < -0.3 is 15.8 Å². The molecule has 10 heteroatoms. The molecule has 0 heterocycles. The van der Waals surface area contributed by atoms with Crippen LogP contribution in [-0.4, -0.2) is 26.5 Å². The van der Waals surface area contributed by atoms with Gasteiger partial charge in [0, 0.05) is 6.92 Å². The Kier molecular flexibility index (Phi) is 5.25. The Labute approximate surface area is 121 Å². The first kappa shape index (κ1) is 16.1. The molecule has 20 heavy (non-hydrogen) atoms. The molecule has 1 amide bonds. The molecule has 5 N–H and O–H groups in total. The lowest BCUT2D eigenvalue weighted by Crippen LogP contribution is -2.44. The lowest BCUT2D eigenvalue weighted by atomic mass is 10.3. The van der Waals surface area contributed by atoms with E-state index in [1.807, 2.05) is 4.83 Å². The van der Waals surface area contributed by atoms with Crippen molar-refractivity contribution in [2.75, 3.05) is 12.4 Å². The van der Waals surface area contributed by atoms with E-state index in [4.69, 9.17) is 10.5 Å². The Morgan fingerprint density at radius 1 is 1.40 bits per heavy atom. The van der Waals surface area contributed by atoms with Crippen molar-refractivity contribution < 1.29 is 17.9 Å². The number of hydrazine groups is 1. The van der Waals surface area contributed by atoms with E-state index in [0.29, 0.717) is 5.75 Å². The highest BCUT2D eigenvalue weighted by Gasteiger charge is 2.17. The normalized spacial score (nSPS) is 10.7. The predicted molar refractivity (Wildman–Crippen MR) is 77.5 cm³/mol. The Bertz CT molecular complexity index is 630. The Morgan fingerprint density at radius 2 is 2.05 bits per heavy atom. The van der Waals surface area contributed by atoms with Gasteiger partial charge in [-0.1, -0.05) is 0 Å². The molecule has 1 rings (SSSR count). The van der Waals surface area contributed by atoms with Gasteiger partial charge in [-0.25, -0.2) is 8.42 Å². The number of rotatable bonds is 5. The van der Waals surface area contributed by atoms with Crippen molar-refractivity contribution in [1.29, 1.82) is 0 Å². The first-order valence-corrected chi connectivity index (χ1v) is 7.18. The predicted octanol–water partition coefficient (Wildman–Crippen LogP) is -0.320. The van der Waals surface area contributed by atoms with Gasteiger partial charge >= 0.3 is 0 Å². The third-order valence-corrected chi connectivity index (χ3v) is 3.45. The quantitative estimate of drug-likeness (QED) is 0.433. The topological polar surface area (TPSA) is 123 Å². The second-order valence-electron chi connectivity index (χ2n) is 3.64. The average molecular weight is 318 g/mol. The Morgan fingerprint density at radius 3 is 2.55 bits per heavy atom. The summed E-state index contributed by atoms with van der Waals surface area (Å²) in [6.45, 7) is 1.30. The Hall–Kier alpha value is -1.91. The van der Waals surface area contributed by atoms with Gasteiger partial charge in [0.05, 0.1) is 17.7 Å². The van der Waals surface area contributed by atoms with Crippen molar-refractivity contribution >= 4 is 38.9 Å². The molecule has 0 saturated heterocycles. The van der Waals surface area contributed by atoms with E-state index in [0.717, 1.165) is 0 Å². The number of nitrogens with two attached hydrogens (primary N) is 1. The molecule has 0 aliphatic carbocycles. The fourth-order valence-corrected chi connectivity index (χ4v) is 2.32. The highest BCUT2D eigenvalue weighted by molar-refractivity contribution is 7.89. The third kappa shape index (κ3) is 4.33. The summed E-state index contributed by atoms with van der Waals surface area (Å²) in [5, 5.41) is 2.26. The molecule has 0 saturated carbocycles. The van der Waals surface area contributed by atoms with Gasteiger partial charge in [-0.3, -0.25) is 10.2 Å². The van der Waals surface area contributed by atoms with Crippen LogP contribution in [0.3, 0.4) is 0 Å². The number of amides is 1. The molecule has 110 valence electrons. The van der Waals surface area contributed by atoms with Gasteiger partial charge in [0.25, 0.3) is 10.0 Å². The summed E-state index contributed by atoms with van der Waals surface area (Å²) in [5.41, 5.74) is 7.50. The van der Waals surface area contributed by atoms with Gasteiger partial charge in [-0.2, -0.15) is 0 Å². The molecule has 0 aromatic heterocycles. The first-order chi connectivity index (χ1) is 9.26. The number of hydrogen-bond donors (Lipinski definition) is 4. The van der Waals surface area contributed by atoms with Crippen LogP contribution < -0.4 is 26.0 Å². The maximum absolute atomic E-state index is 11.9. The number of hydrogen-bond acceptors (Lipinski definition) is 5. The summed E-state index contributed by atoms with van der Waals surface area (Å²) in [5.74, 6) is -0.0199. The molecule has 1 aromatic carbocycles. The number of methoxy groups -OCH3 is 1. The fourth-order valence-electron chi connectivity index (χ4n) is 1.32. The van der Waals surface area contributed by atoms with Crippen LogP contribution in [0.15, 0.2) is 23.1 Å². The minimum atomic E-state index is -3.87. The summed E-state index contributed by atoms with van der Waals surface area (Å²) in [6.07, 6.45) is 0. The summed E-state index contributed by atoms with van der Waals surface area (Å²) < 4.78 is 28.9. The van der Waals surface area contributed by atoms with E-state index in [9.17, 15) is 13.2 Å². The zero-order valence-electron chi connectivity index (χ0n) is 10.8. The van der Waals surface area contributed by atoms with Gasteiger partial charge in [0.15, 0.2) is 5.11 Å². The maximum Gasteiger partial charge on any atom is 0.257 e. The van der Waals surface area contributed by atoms with Crippen LogP contribution >= 0.6 is 12.2 Å². The first-order valence-electron chi connectivity index (χ1n) is 5.29. The van der Waals surface area contributed by atoms with Crippen LogP contribution in [0, 0.1) is 0 Å². The second kappa shape index (κ2) is 6.50. The second-order valence-corrected chi connectivity index (χ2v) is 5.76. The number of benzene rings is 1. The zero-order valence-corrected chi connectivity index (χ0v) is 12.4. The van der Waals surface area contributed by atoms with Crippen LogP contribution in [0.4, 0.5) is 5.69 Å². The zero-order chi connectivity index (χ0) is 15.3. The molecule has 0 bridgehead atoms. The third-order valence-electron chi connectivity index (χ3n) is 2.10. The van der Waals surface area contributed by atoms with Gasteiger partial charge in [-0.15, -0.1) is 4.83 Å². The van der Waals surface area contributed by atoms with E-state index in [1.54, 1.807) is 0 Å². The number of ether oxygens (including phenoxy) is 1. The fraction of sp³-hybridized carbons (Fsp3) is 0.200. The number of carbonyl (C=O) groups excluding carboxylic acids is 1. The number of anilines is 1. The summed E-state index contributed by atoms with van der Waals surface area (Å²) >= 11 is 4.50. The number of nitrogens with one attached hydrogen (secondary N) is 3. The molecule has 8 nitrogen and oxygen atoms in total. The lowest BCUT2D eigenvalue weighted by Gasteiger charge is -2.12. The molecule has 0 radical (unpaired) electrons. The van der Waals surface area contributed by atoms with Crippen molar-refractivity contribution in [1.82, 2.24) is 10.3 Å². The van der Waals surface area contributed by atoms with Crippen molar-refractivity contribution in [3.05, 3.63) is 18.2 Å². The monoisotopic (exact) mass is 318 g/mol. The number of carbonyl (C=O) groups is 1. The highest BCUT2D eigenvalue weighted by Crippen LogP contribution is 2.27. The van der Waals surface area contributed by atoms with E-state index >= 15 is 0 Å². The number of thiocarbonyl (C=S) groups is 1. The molecule has 0 aliphatic heterocycles. The number of sulfonamides is 1. The smallest absolute Gasteiger partial charge is 0.257 e. The van der Waals surface area contributed by atoms with Crippen molar-refractivity contribution in [3.63, 3.8) is 0 Å². The summed E-state index contributed by atoms with van der Waals surface area (Å²) in [6, 6.07) is 3.98. The van der Waals surface area contributed by atoms with Crippen LogP contribution in [0.25, 0.3) is 0 Å². The van der Waals surface area contributed by atoms with Gasteiger partial charge in [0.1, 0.15) is 5.75 Å². The van der Waals surface area contributed by atoms with Crippen LogP contribution in [0.1, 0.15) is 6.92 Å². The molecule has 0 aliphatic rings. The van der Waals surface area contributed by atoms with Crippen molar-refractivity contribution in [2.24, 2.45) is 5.73 Å². The average Bonchev–Trinajstić information content (AvgIpc) is 2.35. The molecule has 0 spiro atoms. The van der Waals surface area contributed by atoms with Crippen LogP contribution in [0.5, 0.6) is 5.75 Å². The molecule has 0 unspecified atom stereocenters. The van der Waals surface area contributed by atoms with Crippen LogP contribution in [0.2, 0.25) is 0 Å². The van der Waals surface area contributed by atoms with Crippen LogP contribution in [-0.2, 0) is 14.8 Å². The highest BCUT2D eigenvalue weighted by atomic mass is 32.2. The molecule has 1 aromatic rings. The maximum atomic E-state index is 11.9. The van der Waals surface area contributed by atoms with E-state index < -0.39 is 10.0 Å². The SMILES string of the molecule is COc1ccc(S(=O)(=O)NNC(N)=S)cc1NC(C)=O. The molecule has 0 fully saturated rings. The van der Waals surface area contributed by atoms with Crippen molar-refractivity contribution in [3.8, 4) is 5.75 Å². The van der Waals surface area contributed by atoms with E-state index in [2.05, 4.69) is 23.0 Å². The summed E-state index contributed by atoms with van der Waals surface area (Å²) in [4.78, 5) is 13.0. The molecular formula is C10H14N4O4S2. The van der Waals surface area contributed by atoms with E-state index in [-0.39, 0.29) is 21.6 Å². The van der Waals surface area contributed by atoms with Crippen molar-refractivity contribution in [2.45, 2.75) is 11.8 Å². The van der Waals surface area contributed by atoms with Gasteiger partial charge in [0.2, 0.25) is 5.91 Å². The summed E-state index contributed by atoms with van der Waals surface area (Å²) in [7, 11) is -2.47. The lowest BCUT2D eigenvalue weighted by molar-refractivity contribution is -0.114. The largest absolute Gasteiger partial charge is 0.495 e. The van der Waals surface area contributed by atoms with Gasteiger partial charge in [-0.05, 0) is 30.4 Å². The Balaban J connectivity index is 3.13. The minimum absolute atomic E-state index is 0.0919.